The molecule has 0 aromatic heterocycles. The van der Waals surface area contributed by atoms with Crippen molar-refractivity contribution < 1.29 is 9.50 Å². The van der Waals surface area contributed by atoms with Gasteiger partial charge < -0.3 is 10.8 Å². The molecule has 82 valence electrons. The number of hydrogen-bond acceptors (Lipinski definition) is 2. The van der Waals surface area contributed by atoms with Crippen molar-refractivity contribution >= 4 is 0 Å². The largest absolute Gasteiger partial charge is 0.505 e. The van der Waals surface area contributed by atoms with Gasteiger partial charge in [0.15, 0.2) is 11.6 Å². The summed E-state index contributed by atoms with van der Waals surface area (Å²) in [6.45, 7) is 3.93. The SMILES string of the molecule is CC(C)(N)C1(c2ccc(O)c(F)c2)CC1. The Morgan fingerprint density at radius 2 is 2.00 bits per heavy atom. The summed E-state index contributed by atoms with van der Waals surface area (Å²) in [5, 5.41) is 9.13. The average Bonchev–Trinajstić information content (AvgIpc) is 2.88. The van der Waals surface area contributed by atoms with E-state index in [1.165, 1.54) is 12.1 Å². The Kier molecular flexibility index (Phi) is 2.05. The highest BCUT2D eigenvalue weighted by molar-refractivity contribution is 5.39. The molecule has 1 aliphatic rings. The van der Waals surface area contributed by atoms with Gasteiger partial charge in [0.05, 0.1) is 0 Å². The van der Waals surface area contributed by atoms with Crippen LogP contribution < -0.4 is 5.73 Å². The Hall–Kier alpha value is -1.09. The van der Waals surface area contributed by atoms with Gasteiger partial charge in [0.2, 0.25) is 0 Å². The average molecular weight is 209 g/mol. The van der Waals surface area contributed by atoms with Crippen LogP contribution in [-0.4, -0.2) is 10.6 Å². The number of halogens is 1. The van der Waals surface area contributed by atoms with Gasteiger partial charge in [-0.3, -0.25) is 0 Å². The van der Waals surface area contributed by atoms with Gasteiger partial charge in [-0.25, -0.2) is 4.39 Å². The maximum Gasteiger partial charge on any atom is 0.165 e. The standard InChI is InChI=1S/C12H16FNO/c1-11(2,14)12(5-6-12)8-3-4-10(15)9(13)7-8/h3-4,7,15H,5-6,14H2,1-2H3. The molecule has 0 unspecified atom stereocenters. The predicted molar refractivity (Wildman–Crippen MR) is 57.2 cm³/mol. The second kappa shape index (κ2) is 2.95. The normalized spacial score (nSPS) is 18.9. The van der Waals surface area contributed by atoms with Gasteiger partial charge in [-0.15, -0.1) is 0 Å². The predicted octanol–water partition coefficient (Wildman–Crippen LogP) is 2.30. The van der Waals surface area contributed by atoms with Crippen LogP contribution in [0.1, 0.15) is 32.3 Å². The summed E-state index contributed by atoms with van der Waals surface area (Å²) in [4.78, 5) is 0. The van der Waals surface area contributed by atoms with Crippen molar-refractivity contribution in [2.75, 3.05) is 0 Å². The lowest BCUT2D eigenvalue weighted by molar-refractivity contribution is 0.386. The highest BCUT2D eigenvalue weighted by Crippen LogP contribution is 2.54. The van der Waals surface area contributed by atoms with Crippen molar-refractivity contribution in [1.29, 1.82) is 0 Å². The molecule has 1 saturated carbocycles. The van der Waals surface area contributed by atoms with Gasteiger partial charge in [-0.05, 0) is 44.4 Å². The topological polar surface area (TPSA) is 46.2 Å². The first kappa shape index (κ1) is 10.4. The van der Waals surface area contributed by atoms with E-state index in [-0.39, 0.29) is 16.7 Å². The molecule has 0 heterocycles. The van der Waals surface area contributed by atoms with E-state index in [9.17, 15) is 4.39 Å². The third-order valence-corrected chi connectivity index (χ3v) is 3.48. The third-order valence-electron chi connectivity index (χ3n) is 3.48. The highest BCUT2D eigenvalue weighted by Gasteiger charge is 2.53. The van der Waals surface area contributed by atoms with E-state index in [0.29, 0.717) is 0 Å². The lowest BCUT2D eigenvalue weighted by atomic mass is 9.79. The molecule has 0 saturated heterocycles. The van der Waals surface area contributed by atoms with Crippen LogP contribution in [0, 0.1) is 5.82 Å². The maximum absolute atomic E-state index is 13.2. The quantitative estimate of drug-likeness (QED) is 0.785. The summed E-state index contributed by atoms with van der Waals surface area (Å²) in [5.74, 6) is -0.868. The minimum atomic E-state index is -0.567. The fourth-order valence-electron chi connectivity index (χ4n) is 2.23. The van der Waals surface area contributed by atoms with Crippen molar-refractivity contribution in [2.24, 2.45) is 5.73 Å². The summed E-state index contributed by atoms with van der Waals surface area (Å²) in [6.07, 6.45) is 1.97. The Labute approximate surface area is 88.9 Å². The number of nitrogens with two attached hydrogens (primary N) is 1. The molecule has 1 aromatic rings. The first-order valence-corrected chi connectivity index (χ1v) is 5.15. The lowest BCUT2D eigenvalue weighted by Crippen LogP contribution is -2.45. The number of benzene rings is 1. The van der Waals surface area contributed by atoms with Crippen LogP contribution in [0.2, 0.25) is 0 Å². The summed E-state index contributed by atoms with van der Waals surface area (Å²) >= 11 is 0. The highest BCUT2D eigenvalue weighted by atomic mass is 19.1. The van der Waals surface area contributed by atoms with Gasteiger partial charge >= 0.3 is 0 Å². The van der Waals surface area contributed by atoms with Gasteiger partial charge in [-0.1, -0.05) is 6.07 Å². The smallest absolute Gasteiger partial charge is 0.165 e. The van der Waals surface area contributed by atoms with Crippen LogP contribution in [0.4, 0.5) is 4.39 Å². The summed E-state index contributed by atoms with van der Waals surface area (Å²) in [6, 6.07) is 4.56. The fourth-order valence-corrected chi connectivity index (χ4v) is 2.23. The number of hydrogen-bond donors (Lipinski definition) is 2. The molecule has 3 heteroatoms. The zero-order valence-corrected chi connectivity index (χ0v) is 9.05. The van der Waals surface area contributed by atoms with E-state index in [1.807, 2.05) is 13.8 Å². The molecular weight excluding hydrogens is 193 g/mol. The first-order valence-electron chi connectivity index (χ1n) is 5.15. The summed E-state index contributed by atoms with van der Waals surface area (Å²) in [5.41, 5.74) is 6.54. The minimum Gasteiger partial charge on any atom is -0.505 e. The number of phenols is 1. The van der Waals surface area contributed by atoms with Crippen molar-refractivity contribution in [1.82, 2.24) is 0 Å². The monoisotopic (exact) mass is 209 g/mol. The van der Waals surface area contributed by atoms with Crippen LogP contribution in [0.3, 0.4) is 0 Å². The lowest BCUT2D eigenvalue weighted by Gasteiger charge is -2.31. The van der Waals surface area contributed by atoms with Gasteiger partial charge in [0.25, 0.3) is 0 Å². The molecule has 2 rings (SSSR count). The van der Waals surface area contributed by atoms with Crippen molar-refractivity contribution in [3.05, 3.63) is 29.6 Å². The molecule has 15 heavy (non-hydrogen) atoms. The molecule has 1 fully saturated rings. The van der Waals surface area contributed by atoms with Crippen molar-refractivity contribution in [2.45, 2.75) is 37.6 Å². The van der Waals surface area contributed by atoms with Crippen LogP contribution in [0.25, 0.3) is 0 Å². The maximum atomic E-state index is 13.2. The zero-order valence-electron chi connectivity index (χ0n) is 9.05. The molecule has 0 bridgehead atoms. The molecule has 0 radical (unpaired) electrons. The van der Waals surface area contributed by atoms with Gasteiger partial charge in [0.1, 0.15) is 0 Å². The molecule has 3 N–H and O–H groups in total. The van der Waals surface area contributed by atoms with E-state index in [1.54, 1.807) is 6.07 Å². The van der Waals surface area contributed by atoms with E-state index < -0.39 is 5.82 Å². The molecule has 1 aromatic carbocycles. The molecular formula is C12H16FNO. The molecule has 0 amide bonds. The Bertz CT molecular complexity index is 391. The summed E-state index contributed by atoms with van der Waals surface area (Å²) < 4.78 is 13.2. The molecule has 0 atom stereocenters. The fraction of sp³-hybridized carbons (Fsp3) is 0.500. The van der Waals surface area contributed by atoms with E-state index in [2.05, 4.69) is 0 Å². The first-order chi connectivity index (χ1) is 6.87. The molecule has 0 spiro atoms. The molecule has 2 nitrogen and oxygen atoms in total. The second-order valence-electron chi connectivity index (χ2n) is 4.97. The second-order valence-corrected chi connectivity index (χ2v) is 4.97. The van der Waals surface area contributed by atoms with Crippen LogP contribution in [0.5, 0.6) is 5.75 Å². The Morgan fingerprint density at radius 3 is 2.40 bits per heavy atom. The van der Waals surface area contributed by atoms with Crippen molar-refractivity contribution in [3.8, 4) is 5.75 Å². The number of phenolic OH excluding ortho intramolecular Hbond substituents is 1. The van der Waals surface area contributed by atoms with Crippen LogP contribution >= 0.6 is 0 Å². The van der Waals surface area contributed by atoms with Crippen molar-refractivity contribution in [3.63, 3.8) is 0 Å². The van der Waals surface area contributed by atoms with Gasteiger partial charge in [-0.2, -0.15) is 0 Å². The molecule has 0 aliphatic heterocycles. The van der Waals surface area contributed by atoms with Crippen LogP contribution in [-0.2, 0) is 5.41 Å². The van der Waals surface area contributed by atoms with E-state index in [4.69, 9.17) is 10.8 Å². The van der Waals surface area contributed by atoms with Gasteiger partial charge in [0, 0.05) is 11.0 Å². The van der Waals surface area contributed by atoms with E-state index >= 15 is 0 Å². The Balaban J connectivity index is 2.43. The minimum absolute atomic E-state index is 0.110. The van der Waals surface area contributed by atoms with Crippen LogP contribution in [0.15, 0.2) is 18.2 Å². The van der Waals surface area contributed by atoms with E-state index in [0.717, 1.165) is 18.4 Å². The number of rotatable bonds is 2. The molecule has 1 aliphatic carbocycles. The third kappa shape index (κ3) is 1.51. The Morgan fingerprint density at radius 1 is 1.40 bits per heavy atom. The zero-order chi connectivity index (χ0) is 11.3. The summed E-state index contributed by atoms with van der Waals surface area (Å²) in [7, 11) is 0. The number of aromatic hydroxyl groups is 1.